The van der Waals surface area contributed by atoms with Crippen LogP contribution in [-0.4, -0.2) is 16.1 Å². The molecule has 1 heterocycles. The minimum Gasteiger partial charge on any atom is -0.478 e. The van der Waals surface area contributed by atoms with Crippen LogP contribution in [0.5, 0.6) is 0 Å². The minimum absolute atomic E-state index is 0.394. The zero-order chi connectivity index (χ0) is 12.9. The maximum Gasteiger partial charge on any atom is 0.337 e. The molecule has 0 spiro atoms. The first-order valence-electron chi connectivity index (χ1n) is 6.86. The van der Waals surface area contributed by atoms with Crippen molar-refractivity contribution in [2.45, 2.75) is 57.3 Å². The molecular formula is C15H19NO2. The van der Waals surface area contributed by atoms with Crippen LogP contribution < -0.4 is 0 Å². The Morgan fingerprint density at radius 3 is 2.44 bits per heavy atom. The van der Waals surface area contributed by atoms with Crippen LogP contribution in [0, 0.1) is 0 Å². The van der Waals surface area contributed by atoms with Gasteiger partial charge in [-0.1, -0.05) is 13.8 Å². The van der Waals surface area contributed by atoms with Gasteiger partial charge in [-0.05, 0) is 49.1 Å². The van der Waals surface area contributed by atoms with Crippen molar-refractivity contribution in [2.75, 3.05) is 0 Å². The minimum atomic E-state index is -0.822. The smallest absolute Gasteiger partial charge is 0.337 e. The molecule has 0 amide bonds. The number of nitrogens with zero attached hydrogens (tertiary/aromatic N) is 1. The lowest BCUT2D eigenvalue weighted by molar-refractivity contribution is 0.0694. The van der Waals surface area contributed by atoms with Crippen molar-refractivity contribution in [1.82, 2.24) is 4.98 Å². The van der Waals surface area contributed by atoms with Crippen molar-refractivity contribution in [3.63, 3.8) is 0 Å². The van der Waals surface area contributed by atoms with E-state index in [2.05, 4.69) is 13.8 Å². The molecule has 3 heteroatoms. The topological polar surface area (TPSA) is 50.2 Å². The van der Waals surface area contributed by atoms with E-state index in [4.69, 9.17) is 4.98 Å². The lowest BCUT2D eigenvalue weighted by Gasteiger charge is -2.27. The van der Waals surface area contributed by atoms with E-state index in [1.54, 1.807) is 0 Å². The van der Waals surface area contributed by atoms with Crippen molar-refractivity contribution in [3.8, 4) is 0 Å². The largest absolute Gasteiger partial charge is 0.478 e. The van der Waals surface area contributed by atoms with Crippen LogP contribution in [0.15, 0.2) is 6.07 Å². The molecule has 0 aromatic carbocycles. The molecule has 1 N–H and O–H groups in total. The second-order valence-electron chi connectivity index (χ2n) is 5.85. The summed E-state index contributed by atoms with van der Waals surface area (Å²) in [6.45, 7) is 4.38. The number of aromatic carboxylic acids is 1. The Morgan fingerprint density at radius 1 is 1.17 bits per heavy atom. The average Bonchev–Trinajstić information content (AvgIpc) is 3.16. The maximum absolute atomic E-state index is 11.4. The summed E-state index contributed by atoms with van der Waals surface area (Å²) in [4.78, 5) is 16.1. The number of rotatable bonds is 2. The van der Waals surface area contributed by atoms with Gasteiger partial charge < -0.3 is 5.11 Å². The van der Waals surface area contributed by atoms with E-state index in [0.29, 0.717) is 23.3 Å². The molecule has 2 unspecified atom stereocenters. The summed E-state index contributed by atoms with van der Waals surface area (Å²) in [5, 5.41) is 9.36. The molecule has 18 heavy (non-hydrogen) atoms. The summed E-state index contributed by atoms with van der Waals surface area (Å²) < 4.78 is 0. The predicted molar refractivity (Wildman–Crippen MR) is 69.2 cm³/mol. The third-order valence-corrected chi connectivity index (χ3v) is 4.34. The molecule has 0 saturated heterocycles. The van der Waals surface area contributed by atoms with Crippen molar-refractivity contribution < 1.29 is 9.90 Å². The number of fused-ring (bicyclic) bond motifs is 1. The first kappa shape index (κ1) is 11.7. The third kappa shape index (κ3) is 1.82. The molecule has 96 valence electrons. The fourth-order valence-electron chi connectivity index (χ4n) is 2.98. The van der Waals surface area contributed by atoms with Crippen molar-refractivity contribution in [1.29, 1.82) is 0 Å². The highest BCUT2D eigenvalue weighted by molar-refractivity contribution is 5.89. The molecule has 1 saturated carbocycles. The first-order valence-corrected chi connectivity index (χ1v) is 6.86. The van der Waals surface area contributed by atoms with E-state index in [-0.39, 0.29) is 0 Å². The molecule has 0 bridgehead atoms. The lowest BCUT2D eigenvalue weighted by Crippen LogP contribution is -2.17. The molecule has 3 nitrogen and oxygen atoms in total. The van der Waals surface area contributed by atoms with E-state index in [1.165, 1.54) is 0 Å². The molecule has 1 fully saturated rings. The summed E-state index contributed by atoms with van der Waals surface area (Å²) in [6, 6.07) is 1.90. The number of hydrogen-bond donors (Lipinski definition) is 1. The van der Waals surface area contributed by atoms with E-state index < -0.39 is 5.97 Å². The molecule has 2 aliphatic rings. The predicted octanol–water partition coefficient (Wildman–Crippen LogP) is 3.66. The number of carboxylic acids is 1. The Labute approximate surface area is 107 Å². The van der Waals surface area contributed by atoms with Crippen LogP contribution >= 0.6 is 0 Å². The van der Waals surface area contributed by atoms with E-state index in [9.17, 15) is 9.90 Å². The van der Waals surface area contributed by atoms with Crippen LogP contribution in [-0.2, 0) is 0 Å². The standard InChI is InChI=1S/C15H19NO2/c1-8-3-4-9(2)13-11(8)7-12(15(17)18)14(16-13)10-5-6-10/h7-10H,3-6H2,1-2H3,(H,17,18). The van der Waals surface area contributed by atoms with Crippen LogP contribution in [0.2, 0.25) is 0 Å². The van der Waals surface area contributed by atoms with Gasteiger partial charge in [0, 0.05) is 11.6 Å². The Hall–Kier alpha value is -1.38. The van der Waals surface area contributed by atoms with Gasteiger partial charge in [0.2, 0.25) is 0 Å². The Kier molecular flexibility index (Phi) is 2.65. The zero-order valence-corrected chi connectivity index (χ0v) is 10.9. The number of hydrogen-bond acceptors (Lipinski definition) is 2. The summed E-state index contributed by atoms with van der Waals surface area (Å²) in [6.07, 6.45) is 4.49. The van der Waals surface area contributed by atoms with Gasteiger partial charge in [0.1, 0.15) is 0 Å². The van der Waals surface area contributed by atoms with Crippen LogP contribution in [0.4, 0.5) is 0 Å². The van der Waals surface area contributed by atoms with Crippen LogP contribution in [0.3, 0.4) is 0 Å². The van der Waals surface area contributed by atoms with E-state index in [0.717, 1.165) is 42.6 Å². The molecule has 0 aliphatic heterocycles. The number of carbonyl (C=O) groups is 1. The fourth-order valence-corrected chi connectivity index (χ4v) is 2.98. The summed E-state index contributed by atoms with van der Waals surface area (Å²) in [7, 11) is 0. The highest BCUT2D eigenvalue weighted by Gasteiger charge is 2.33. The van der Waals surface area contributed by atoms with Crippen LogP contribution in [0.1, 0.15) is 84.6 Å². The number of aromatic nitrogens is 1. The second kappa shape index (κ2) is 4.08. The molecule has 0 radical (unpaired) electrons. The van der Waals surface area contributed by atoms with Gasteiger partial charge in [0.05, 0.1) is 11.3 Å². The SMILES string of the molecule is CC1CCC(C)c2nc(C3CC3)c(C(=O)O)cc21. The van der Waals surface area contributed by atoms with E-state index in [1.807, 2.05) is 6.07 Å². The Balaban J connectivity index is 2.16. The van der Waals surface area contributed by atoms with Crippen molar-refractivity contribution in [2.24, 2.45) is 0 Å². The van der Waals surface area contributed by atoms with Gasteiger partial charge in [-0.3, -0.25) is 4.98 Å². The Morgan fingerprint density at radius 2 is 1.83 bits per heavy atom. The summed E-state index contributed by atoms with van der Waals surface area (Å²) in [5.41, 5.74) is 3.59. The molecule has 2 atom stereocenters. The Bertz CT molecular complexity index is 505. The summed E-state index contributed by atoms with van der Waals surface area (Å²) >= 11 is 0. The average molecular weight is 245 g/mol. The zero-order valence-electron chi connectivity index (χ0n) is 10.9. The van der Waals surface area contributed by atoms with Gasteiger partial charge in [-0.2, -0.15) is 0 Å². The normalized spacial score (nSPS) is 26.8. The molecule has 2 aliphatic carbocycles. The van der Waals surface area contributed by atoms with Crippen molar-refractivity contribution in [3.05, 3.63) is 28.6 Å². The molecular weight excluding hydrogens is 226 g/mol. The third-order valence-electron chi connectivity index (χ3n) is 4.34. The van der Waals surface area contributed by atoms with Gasteiger partial charge >= 0.3 is 5.97 Å². The highest BCUT2D eigenvalue weighted by Crippen LogP contribution is 2.44. The molecule has 1 aromatic heterocycles. The van der Waals surface area contributed by atoms with Gasteiger partial charge in [0.15, 0.2) is 0 Å². The molecule has 1 aromatic rings. The van der Waals surface area contributed by atoms with Crippen LogP contribution in [0.25, 0.3) is 0 Å². The second-order valence-corrected chi connectivity index (χ2v) is 5.85. The van der Waals surface area contributed by atoms with Gasteiger partial charge in [-0.25, -0.2) is 4.79 Å². The lowest BCUT2D eigenvalue weighted by atomic mass is 9.80. The number of carboxylic acid groups (broad SMARTS) is 1. The number of pyridine rings is 1. The monoisotopic (exact) mass is 245 g/mol. The van der Waals surface area contributed by atoms with E-state index >= 15 is 0 Å². The summed E-state index contributed by atoms with van der Waals surface area (Å²) in [5.74, 6) is 0.482. The maximum atomic E-state index is 11.4. The molecule has 3 rings (SSSR count). The fraction of sp³-hybridized carbons (Fsp3) is 0.600. The highest BCUT2D eigenvalue weighted by atomic mass is 16.4. The van der Waals surface area contributed by atoms with Crippen molar-refractivity contribution >= 4 is 5.97 Å². The first-order chi connectivity index (χ1) is 8.58. The quantitative estimate of drug-likeness (QED) is 0.865. The van der Waals surface area contributed by atoms with Gasteiger partial charge in [-0.15, -0.1) is 0 Å². The van der Waals surface area contributed by atoms with Gasteiger partial charge in [0.25, 0.3) is 0 Å².